The normalized spacial score (nSPS) is 16.8. The third-order valence-corrected chi connectivity index (χ3v) is 8.26. The Bertz CT molecular complexity index is 1720. The maximum atomic E-state index is 13.3. The smallest absolute Gasteiger partial charge is 0.329 e. The van der Waals surface area contributed by atoms with Gasteiger partial charge in [0.25, 0.3) is 0 Å². The minimum Gasteiger partial charge on any atom is -0.489 e. The number of benzene rings is 3. The van der Waals surface area contributed by atoms with Gasteiger partial charge in [0.15, 0.2) is 5.75 Å². The number of aromatic nitrogens is 5. The molecule has 9 nitrogen and oxygen atoms in total. The standard InChI is InChI=1S/C17H13ClFN3O.C15H16Cl3N3O2/c18-15-4-2-1-3-14(15)16-17(23-16,9-22-11-20-10-21-22)12-5-7-13(19)8-6-12;1-2-4-20(15(22)21-5-3-19-10-21)6-7-23-14-12(17)8-11(16)9-13(14)18/h1-8,10-11,16H,9H2;3,5,8-10H,2,4,6-7H2,1H3. The zero-order chi connectivity index (χ0) is 32.7. The molecule has 2 atom stereocenters. The van der Waals surface area contributed by atoms with Crippen molar-refractivity contribution in [3.63, 3.8) is 0 Å². The van der Waals surface area contributed by atoms with Crippen LogP contribution in [0.1, 0.15) is 30.6 Å². The molecule has 0 spiro atoms. The number of amides is 1. The lowest BCUT2D eigenvalue weighted by atomic mass is 9.91. The molecule has 2 unspecified atom stereocenters. The van der Waals surface area contributed by atoms with E-state index in [9.17, 15) is 9.18 Å². The number of halogens is 5. The second-order valence-corrected chi connectivity index (χ2v) is 12.0. The number of epoxide rings is 1. The Balaban J connectivity index is 0.000000181. The zero-order valence-corrected chi connectivity index (χ0v) is 27.6. The molecule has 3 heterocycles. The number of nitrogens with zero attached hydrogens (tertiary/aromatic N) is 6. The second kappa shape index (κ2) is 15.3. The third-order valence-electron chi connectivity index (χ3n) is 7.14. The van der Waals surface area contributed by atoms with Crippen LogP contribution in [-0.4, -0.2) is 54.9 Å². The summed E-state index contributed by atoms with van der Waals surface area (Å²) in [5, 5.41) is 5.92. The Labute approximate surface area is 285 Å². The quantitative estimate of drug-likeness (QED) is 0.136. The molecule has 5 aromatic rings. The van der Waals surface area contributed by atoms with E-state index in [2.05, 4.69) is 15.1 Å². The highest BCUT2D eigenvalue weighted by molar-refractivity contribution is 6.40. The summed E-state index contributed by atoms with van der Waals surface area (Å²) in [6.07, 6.45) is 8.39. The van der Waals surface area contributed by atoms with Gasteiger partial charge in [0.1, 0.15) is 43.1 Å². The molecule has 1 amide bonds. The fourth-order valence-corrected chi connectivity index (χ4v) is 6.09. The molecule has 46 heavy (non-hydrogen) atoms. The lowest BCUT2D eigenvalue weighted by molar-refractivity contribution is 0.184. The maximum Gasteiger partial charge on any atom is 0.329 e. The summed E-state index contributed by atoms with van der Waals surface area (Å²) in [5.74, 6) is 0.0869. The zero-order valence-electron chi connectivity index (χ0n) is 24.6. The Hall–Kier alpha value is -3.67. The van der Waals surface area contributed by atoms with Crippen molar-refractivity contribution in [3.8, 4) is 5.75 Å². The monoisotopic (exact) mass is 704 g/mol. The van der Waals surface area contributed by atoms with Crippen LogP contribution in [0.3, 0.4) is 0 Å². The number of hydrogen-bond acceptors (Lipinski definition) is 6. The second-order valence-electron chi connectivity index (χ2n) is 10.3. The first-order valence-electron chi connectivity index (χ1n) is 14.3. The van der Waals surface area contributed by atoms with Crippen LogP contribution in [-0.2, 0) is 16.9 Å². The van der Waals surface area contributed by atoms with Crippen LogP contribution < -0.4 is 4.74 Å². The third kappa shape index (κ3) is 8.00. The average Bonchev–Trinajstić information content (AvgIpc) is 3.37. The van der Waals surface area contributed by atoms with E-state index in [4.69, 9.17) is 55.9 Å². The first-order valence-corrected chi connectivity index (χ1v) is 15.8. The van der Waals surface area contributed by atoms with Crippen molar-refractivity contribution in [1.82, 2.24) is 29.2 Å². The van der Waals surface area contributed by atoms with Gasteiger partial charge in [-0.05, 0) is 42.3 Å². The van der Waals surface area contributed by atoms with Crippen LogP contribution in [0.15, 0.2) is 92.0 Å². The fourth-order valence-electron chi connectivity index (χ4n) is 4.93. The van der Waals surface area contributed by atoms with E-state index in [1.807, 2.05) is 31.2 Å². The number of carbonyl (C=O) groups is 1. The first kappa shape index (κ1) is 33.7. The number of ether oxygens (including phenoxy) is 2. The lowest BCUT2D eigenvalue weighted by Crippen LogP contribution is -2.37. The average molecular weight is 706 g/mol. The van der Waals surface area contributed by atoms with E-state index in [-0.39, 0.29) is 24.6 Å². The van der Waals surface area contributed by atoms with Crippen LogP contribution in [0.2, 0.25) is 20.1 Å². The molecule has 1 saturated heterocycles. The number of carbonyl (C=O) groups excluding carboxylic acids is 1. The van der Waals surface area contributed by atoms with Gasteiger partial charge >= 0.3 is 6.03 Å². The van der Waals surface area contributed by atoms with E-state index < -0.39 is 5.60 Å². The SMILES string of the molecule is CCCN(CCOc1c(Cl)cc(Cl)cc1Cl)C(=O)n1ccnc1.Fc1ccc(C2(Cn3cncn3)OC2c2ccccc2Cl)cc1. The summed E-state index contributed by atoms with van der Waals surface area (Å²) in [6, 6.07) is 16.9. The molecule has 240 valence electrons. The summed E-state index contributed by atoms with van der Waals surface area (Å²) < 4.78 is 28.1. The highest BCUT2D eigenvalue weighted by atomic mass is 35.5. The van der Waals surface area contributed by atoms with Crippen LogP contribution >= 0.6 is 46.4 Å². The van der Waals surface area contributed by atoms with Gasteiger partial charge in [0.2, 0.25) is 0 Å². The van der Waals surface area contributed by atoms with Crippen LogP contribution in [0.5, 0.6) is 5.75 Å². The summed E-state index contributed by atoms with van der Waals surface area (Å²) in [6.45, 7) is 3.76. The lowest BCUT2D eigenvalue weighted by Gasteiger charge is -2.22. The van der Waals surface area contributed by atoms with E-state index in [0.29, 0.717) is 45.5 Å². The van der Waals surface area contributed by atoms with Crippen molar-refractivity contribution in [2.75, 3.05) is 19.7 Å². The molecule has 1 aliphatic rings. The molecular weight excluding hydrogens is 677 g/mol. The minimum atomic E-state index is -0.619. The molecule has 1 aliphatic heterocycles. The molecule has 6 rings (SSSR count). The van der Waals surface area contributed by atoms with Crippen molar-refractivity contribution in [2.24, 2.45) is 0 Å². The molecule has 0 radical (unpaired) electrons. The Morgan fingerprint density at radius 1 is 1.00 bits per heavy atom. The van der Waals surface area contributed by atoms with Gasteiger partial charge in [-0.2, -0.15) is 5.10 Å². The highest BCUT2D eigenvalue weighted by Gasteiger charge is 2.59. The van der Waals surface area contributed by atoms with Gasteiger partial charge in [0, 0.05) is 34.5 Å². The van der Waals surface area contributed by atoms with Crippen molar-refractivity contribution >= 4 is 52.4 Å². The Morgan fingerprint density at radius 3 is 2.37 bits per heavy atom. The molecule has 0 saturated carbocycles. The first-order chi connectivity index (χ1) is 22.2. The number of imidazole rings is 1. The number of hydrogen-bond donors (Lipinski definition) is 0. The van der Waals surface area contributed by atoms with Crippen LogP contribution in [0.4, 0.5) is 9.18 Å². The summed E-state index contributed by atoms with van der Waals surface area (Å²) in [5.41, 5.74) is 1.18. The Morgan fingerprint density at radius 2 is 1.74 bits per heavy atom. The van der Waals surface area contributed by atoms with Gasteiger partial charge in [-0.25, -0.2) is 23.8 Å². The van der Waals surface area contributed by atoms with E-state index in [1.54, 1.807) is 52.6 Å². The van der Waals surface area contributed by atoms with Gasteiger partial charge < -0.3 is 14.4 Å². The van der Waals surface area contributed by atoms with Crippen LogP contribution in [0, 0.1) is 5.82 Å². The van der Waals surface area contributed by atoms with Gasteiger partial charge in [-0.3, -0.25) is 4.57 Å². The van der Waals surface area contributed by atoms with Crippen molar-refractivity contribution in [1.29, 1.82) is 0 Å². The van der Waals surface area contributed by atoms with Crippen LogP contribution in [0.25, 0.3) is 0 Å². The highest BCUT2D eigenvalue weighted by Crippen LogP contribution is 2.59. The summed E-state index contributed by atoms with van der Waals surface area (Å²) >= 11 is 24.3. The van der Waals surface area contributed by atoms with Gasteiger partial charge in [-0.15, -0.1) is 0 Å². The minimum absolute atomic E-state index is 0.152. The van der Waals surface area contributed by atoms with Gasteiger partial charge in [-0.1, -0.05) is 83.7 Å². The van der Waals surface area contributed by atoms with E-state index in [1.165, 1.54) is 29.4 Å². The predicted octanol–water partition coefficient (Wildman–Crippen LogP) is 8.34. The largest absolute Gasteiger partial charge is 0.489 e. The molecule has 14 heteroatoms. The molecule has 0 bridgehead atoms. The molecule has 2 aromatic heterocycles. The fraction of sp³-hybridized carbons (Fsp3) is 0.250. The van der Waals surface area contributed by atoms with E-state index >= 15 is 0 Å². The maximum absolute atomic E-state index is 13.3. The van der Waals surface area contributed by atoms with Gasteiger partial charge in [0.05, 0.1) is 23.1 Å². The van der Waals surface area contributed by atoms with Crippen molar-refractivity contribution < 1.29 is 18.7 Å². The molecule has 0 aliphatic carbocycles. The van der Waals surface area contributed by atoms with Crippen molar-refractivity contribution in [2.45, 2.75) is 31.6 Å². The Kier molecular flexibility index (Phi) is 11.2. The molecular formula is C32H29Cl4FN6O3. The van der Waals surface area contributed by atoms with Crippen molar-refractivity contribution in [3.05, 3.63) is 129 Å². The molecule has 3 aromatic carbocycles. The molecule has 0 N–H and O–H groups in total. The van der Waals surface area contributed by atoms with E-state index in [0.717, 1.165) is 17.5 Å². The number of rotatable bonds is 10. The predicted molar refractivity (Wildman–Crippen MR) is 175 cm³/mol. The summed E-state index contributed by atoms with van der Waals surface area (Å²) in [7, 11) is 0. The summed E-state index contributed by atoms with van der Waals surface area (Å²) in [4.78, 5) is 21.9. The molecule has 1 fully saturated rings. The topological polar surface area (TPSA) is 90.6 Å².